The van der Waals surface area contributed by atoms with Gasteiger partial charge < -0.3 is 14.2 Å². The molecule has 1 saturated carbocycles. The molecule has 0 bridgehead atoms. The molecule has 1 aromatic heterocycles. The van der Waals surface area contributed by atoms with Gasteiger partial charge in [-0.25, -0.2) is 0 Å². The minimum Gasteiger partial charge on any atom is -0.493 e. The van der Waals surface area contributed by atoms with Crippen molar-refractivity contribution in [1.29, 1.82) is 0 Å². The highest BCUT2D eigenvalue weighted by molar-refractivity contribution is 5.48. The van der Waals surface area contributed by atoms with Gasteiger partial charge in [-0.2, -0.15) is 0 Å². The first-order valence-electron chi connectivity index (χ1n) is 12.8. The van der Waals surface area contributed by atoms with E-state index in [1.54, 1.807) is 19.2 Å². The lowest BCUT2D eigenvalue weighted by molar-refractivity contribution is -0.384. The summed E-state index contributed by atoms with van der Waals surface area (Å²) < 4.78 is 17.9. The summed E-state index contributed by atoms with van der Waals surface area (Å²) in [4.78, 5) is 14.7. The second-order valence-electron chi connectivity index (χ2n) is 9.47. The first-order chi connectivity index (χ1) is 18.6. The summed E-state index contributed by atoms with van der Waals surface area (Å²) in [5, 5.41) is 10.9. The molecule has 1 heterocycles. The second-order valence-corrected chi connectivity index (χ2v) is 9.47. The van der Waals surface area contributed by atoms with E-state index >= 15 is 0 Å². The van der Waals surface area contributed by atoms with Crippen LogP contribution in [0.5, 0.6) is 23.0 Å². The van der Waals surface area contributed by atoms with Gasteiger partial charge in [-0.3, -0.25) is 15.1 Å². The molecule has 0 spiro atoms. The van der Waals surface area contributed by atoms with Crippen molar-refractivity contribution in [3.05, 3.63) is 118 Å². The van der Waals surface area contributed by atoms with Crippen LogP contribution < -0.4 is 14.2 Å². The van der Waals surface area contributed by atoms with E-state index in [1.807, 2.05) is 42.7 Å². The van der Waals surface area contributed by atoms with E-state index in [0.29, 0.717) is 11.5 Å². The molecule has 5 rings (SSSR count). The number of benzene rings is 3. The number of nitrogens with zero attached hydrogens (tertiary/aromatic N) is 2. The zero-order valence-electron chi connectivity index (χ0n) is 21.3. The lowest BCUT2D eigenvalue weighted by atomic mass is 9.86. The van der Waals surface area contributed by atoms with Gasteiger partial charge in [0.1, 0.15) is 11.5 Å². The van der Waals surface area contributed by atoms with E-state index in [2.05, 4.69) is 29.2 Å². The summed E-state index contributed by atoms with van der Waals surface area (Å²) in [6, 6.07) is 24.3. The minimum atomic E-state index is -0.426. The zero-order chi connectivity index (χ0) is 26.3. The highest BCUT2D eigenvalue weighted by Crippen LogP contribution is 2.38. The maximum atomic E-state index is 10.9. The average Bonchev–Trinajstić information content (AvgIpc) is 3.46. The van der Waals surface area contributed by atoms with Crippen LogP contribution in [0.3, 0.4) is 0 Å². The van der Waals surface area contributed by atoms with Gasteiger partial charge in [0.2, 0.25) is 0 Å². The van der Waals surface area contributed by atoms with Gasteiger partial charge in [0, 0.05) is 30.4 Å². The monoisotopic (exact) mass is 510 g/mol. The Morgan fingerprint density at radius 3 is 2.13 bits per heavy atom. The van der Waals surface area contributed by atoms with Crippen LogP contribution in [0.4, 0.5) is 5.69 Å². The van der Waals surface area contributed by atoms with Gasteiger partial charge in [0.05, 0.1) is 18.1 Å². The van der Waals surface area contributed by atoms with Crippen LogP contribution in [0.2, 0.25) is 0 Å². The molecule has 0 radical (unpaired) electrons. The molecule has 0 N–H and O–H groups in total. The molecular weight excluding hydrogens is 480 g/mol. The van der Waals surface area contributed by atoms with E-state index in [0.717, 1.165) is 41.9 Å². The van der Waals surface area contributed by atoms with Gasteiger partial charge in [-0.15, -0.1) is 0 Å². The molecule has 3 aromatic carbocycles. The number of nitro groups is 1. The summed E-state index contributed by atoms with van der Waals surface area (Å²) in [5.41, 5.74) is 3.49. The fourth-order valence-corrected chi connectivity index (χ4v) is 4.91. The molecule has 7 heteroatoms. The Labute approximate surface area is 222 Å². The van der Waals surface area contributed by atoms with Gasteiger partial charge in [-0.1, -0.05) is 18.2 Å². The minimum absolute atomic E-state index is 0.0300. The highest BCUT2D eigenvalue weighted by Gasteiger charge is 2.22. The fourth-order valence-electron chi connectivity index (χ4n) is 4.91. The molecule has 1 fully saturated rings. The van der Waals surface area contributed by atoms with E-state index < -0.39 is 4.92 Å². The molecule has 1 aliphatic rings. The van der Waals surface area contributed by atoms with Crippen molar-refractivity contribution in [2.75, 3.05) is 7.11 Å². The number of rotatable bonds is 10. The number of hydrogen-bond donors (Lipinski definition) is 0. The van der Waals surface area contributed by atoms with Gasteiger partial charge in [0.25, 0.3) is 5.69 Å². The lowest BCUT2D eigenvalue weighted by Gasteiger charge is -2.22. The van der Waals surface area contributed by atoms with Crippen molar-refractivity contribution >= 4 is 5.69 Å². The molecule has 0 aliphatic heterocycles. The van der Waals surface area contributed by atoms with E-state index in [1.165, 1.54) is 30.5 Å². The van der Waals surface area contributed by atoms with E-state index in [9.17, 15) is 10.1 Å². The summed E-state index contributed by atoms with van der Waals surface area (Å²) in [7, 11) is 1.68. The van der Waals surface area contributed by atoms with Crippen LogP contribution in [0.25, 0.3) is 0 Å². The molecule has 0 saturated heterocycles. The topological polar surface area (TPSA) is 83.7 Å². The number of nitro benzene ring substituents is 1. The van der Waals surface area contributed by atoms with Crippen molar-refractivity contribution < 1.29 is 19.1 Å². The van der Waals surface area contributed by atoms with Crippen LogP contribution >= 0.6 is 0 Å². The third-order valence-electron chi connectivity index (χ3n) is 6.94. The SMILES string of the molecule is COc1ccc(C(Cc2ccncc2)c2ccc(Oc3ccc([N+](=O)[O-])cc3)cc2)cc1OC1CCCC1. The summed E-state index contributed by atoms with van der Waals surface area (Å²) in [6.07, 6.45) is 9.20. The number of ether oxygens (including phenoxy) is 3. The molecule has 7 nitrogen and oxygen atoms in total. The Bertz CT molecular complexity index is 1350. The quantitative estimate of drug-likeness (QED) is 0.162. The number of methoxy groups -OCH3 is 1. The molecule has 1 aliphatic carbocycles. The standard InChI is InChI=1S/C31H30N2O5/c1-36-30-15-8-24(21-31(30)38-26-4-2-3-5-26)29(20-22-16-18-32-19-17-22)23-6-11-27(12-7-23)37-28-13-9-25(10-14-28)33(34)35/h6-19,21,26,29H,2-5,20H2,1H3. The van der Waals surface area contributed by atoms with Crippen molar-refractivity contribution in [2.24, 2.45) is 0 Å². The van der Waals surface area contributed by atoms with Crippen molar-refractivity contribution in [1.82, 2.24) is 4.98 Å². The summed E-state index contributed by atoms with van der Waals surface area (Å²) in [6.45, 7) is 0. The molecule has 194 valence electrons. The van der Waals surface area contributed by atoms with Crippen molar-refractivity contribution in [3.8, 4) is 23.0 Å². The lowest BCUT2D eigenvalue weighted by Crippen LogP contribution is -2.12. The van der Waals surface area contributed by atoms with Crippen LogP contribution in [0.1, 0.15) is 48.3 Å². The Morgan fingerprint density at radius 1 is 0.868 bits per heavy atom. The van der Waals surface area contributed by atoms with E-state index in [-0.39, 0.29) is 17.7 Å². The molecule has 1 atom stereocenters. The van der Waals surface area contributed by atoms with Gasteiger partial charge in [-0.05, 0) is 97.3 Å². The van der Waals surface area contributed by atoms with Gasteiger partial charge >= 0.3 is 0 Å². The third kappa shape index (κ3) is 6.11. The Balaban J connectivity index is 1.42. The molecule has 38 heavy (non-hydrogen) atoms. The average molecular weight is 511 g/mol. The van der Waals surface area contributed by atoms with Crippen LogP contribution in [-0.2, 0) is 6.42 Å². The predicted octanol–water partition coefficient (Wildman–Crippen LogP) is 7.49. The zero-order valence-corrected chi connectivity index (χ0v) is 21.3. The molecular formula is C31H30N2O5. The summed E-state index contributed by atoms with van der Waals surface area (Å²) in [5.74, 6) is 2.80. The van der Waals surface area contributed by atoms with Crippen LogP contribution in [-0.4, -0.2) is 23.1 Å². The van der Waals surface area contributed by atoms with Crippen LogP contribution in [0.15, 0.2) is 91.3 Å². The Morgan fingerprint density at radius 2 is 1.50 bits per heavy atom. The second kappa shape index (κ2) is 11.8. The molecule has 1 unspecified atom stereocenters. The number of non-ortho nitro benzene ring substituents is 1. The molecule has 4 aromatic rings. The number of pyridine rings is 1. The smallest absolute Gasteiger partial charge is 0.269 e. The first kappa shape index (κ1) is 25.3. The third-order valence-corrected chi connectivity index (χ3v) is 6.94. The highest BCUT2D eigenvalue weighted by atomic mass is 16.6. The van der Waals surface area contributed by atoms with Gasteiger partial charge in [0.15, 0.2) is 11.5 Å². The Kier molecular flexibility index (Phi) is 7.83. The van der Waals surface area contributed by atoms with Crippen LogP contribution in [0, 0.1) is 10.1 Å². The van der Waals surface area contributed by atoms with Crippen molar-refractivity contribution in [2.45, 2.75) is 44.1 Å². The summed E-state index contributed by atoms with van der Waals surface area (Å²) >= 11 is 0. The maximum absolute atomic E-state index is 10.9. The van der Waals surface area contributed by atoms with E-state index in [4.69, 9.17) is 14.2 Å². The maximum Gasteiger partial charge on any atom is 0.269 e. The largest absolute Gasteiger partial charge is 0.493 e. The number of hydrogen-bond acceptors (Lipinski definition) is 6. The first-order valence-corrected chi connectivity index (χ1v) is 12.8. The number of aromatic nitrogens is 1. The van der Waals surface area contributed by atoms with Crippen molar-refractivity contribution in [3.63, 3.8) is 0 Å². The fraction of sp³-hybridized carbons (Fsp3) is 0.258. The normalized spacial score (nSPS) is 14.1. The predicted molar refractivity (Wildman–Crippen MR) is 145 cm³/mol. The Hall–Kier alpha value is -4.39. The molecule has 0 amide bonds.